The number of hydrogen-bond donors (Lipinski definition) is 1. The van der Waals surface area contributed by atoms with E-state index in [0.717, 1.165) is 26.8 Å². The van der Waals surface area contributed by atoms with E-state index < -0.39 is 0 Å². The fraction of sp³-hybridized carbons (Fsp3) is 0.0625. The fourth-order valence-corrected chi connectivity index (χ4v) is 2.39. The molecular formula is C16H13BrN2. The smallest absolute Gasteiger partial charge is 0.0751 e. The van der Waals surface area contributed by atoms with Gasteiger partial charge >= 0.3 is 0 Å². The van der Waals surface area contributed by atoms with Crippen LogP contribution in [0.25, 0.3) is 10.9 Å². The average Bonchev–Trinajstić information content (AvgIpc) is 2.43. The van der Waals surface area contributed by atoms with Gasteiger partial charge in [-0.2, -0.15) is 0 Å². The summed E-state index contributed by atoms with van der Waals surface area (Å²) in [6, 6.07) is 16.4. The molecule has 0 aliphatic rings. The molecule has 1 heterocycles. The van der Waals surface area contributed by atoms with Gasteiger partial charge in [0.1, 0.15) is 0 Å². The number of para-hydroxylation sites is 1. The van der Waals surface area contributed by atoms with Crippen molar-refractivity contribution in [2.45, 2.75) is 6.92 Å². The van der Waals surface area contributed by atoms with Crippen molar-refractivity contribution in [1.29, 1.82) is 0 Å². The predicted molar refractivity (Wildman–Crippen MR) is 83.9 cm³/mol. The second-order valence-corrected chi connectivity index (χ2v) is 5.38. The van der Waals surface area contributed by atoms with Gasteiger partial charge in [0.2, 0.25) is 0 Å². The summed E-state index contributed by atoms with van der Waals surface area (Å²) in [7, 11) is 0. The van der Waals surface area contributed by atoms with Crippen molar-refractivity contribution in [2.75, 3.05) is 5.32 Å². The van der Waals surface area contributed by atoms with Crippen molar-refractivity contribution in [2.24, 2.45) is 0 Å². The summed E-state index contributed by atoms with van der Waals surface area (Å²) in [6.07, 6.45) is 1.84. The zero-order valence-electron chi connectivity index (χ0n) is 10.5. The van der Waals surface area contributed by atoms with E-state index in [1.54, 1.807) is 0 Å². The summed E-state index contributed by atoms with van der Waals surface area (Å²) in [5.74, 6) is 0. The van der Waals surface area contributed by atoms with E-state index in [2.05, 4.69) is 51.4 Å². The van der Waals surface area contributed by atoms with E-state index in [0.29, 0.717) is 0 Å². The van der Waals surface area contributed by atoms with Crippen molar-refractivity contribution in [3.05, 3.63) is 64.8 Å². The molecule has 0 atom stereocenters. The highest BCUT2D eigenvalue weighted by Crippen LogP contribution is 2.27. The molecule has 94 valence electrons. The number of nitrogens with one attached hydrogen (secondary N) is 1. The summed E-state index contributed by atoms with van der Waals surface area (Å²) in [4.78, 5) is 4.45. The maximum atomic E-state index is 4.45. The molecule has 0 fully saturated rings. The number of rotatable bonds is 2. The van der Waals surface area contributed by atoms with Crippen LogP contribution in [0.1, 0.15) is 5.56 Å². The largest absolute Gasteiger partial charge is 0.355 e. The third-order valence-electron chi connectivity index (χ3n) is 3.10. The Labute approximate surface area is 120 Å². The second kappa shape index (κ2) is 5.02. The molecule has 2 aromatic carbocycles. The van der Waals surface area contributed by atoms with E-state index in [1.807, 2.05) is 36.5 Å². The van der Waals surface area contributed by atoms with Crippen molar-refractivity contribution in [3.8, 4) is 0 Å². The molecule has 2 nitrogen and oxygen atoms in total. The fourth-order valence-electron chi connectivity index (χ4n) is 2.12. The Hall–Kier alpha value is -1.87. The van der Waals surface area contributed by atoms with E-state index in [4.69, 9.17) is 0 Å². The number of aryl methyl sites for hydroxylation is 1. The van der Waals surface area contributed by atoms with Gasteiger partial charge in [-0.1, -0.05) is 34.1 Å². The van der Waals surface area contributed by atoms with Crippen LogP contribution >= 0.6 is 15.9 Å². The first-order valence-electron chi connectivity index (χ1n) is 6.11. The Morgan fingerprint density at radius 3 is 2.58 bits per heavy atom. The molecule has 0 saturated carbocycles. The van der Waals surface area contributed by atoms with Gasteiger partial charge in [-0.15, -0.1) is 0 Å². The lowest BCUT2D eigenvalue weighted by molar-refractivity contribution is 1.36. The predicted octanol–water partition coefficient (Wildman–Crippen LogP) is 5.05. The molecule has 0 amide bonds. The maximum Gasteiger partial charge on any atom is 0.0751 e. The zero-order chi connectivity index (χ0) is 13.2. The topological polar surface area (TPSA) is 24.9 Å². The molecule has 0 bridgehead atoms. The molecular weight excluding hydrogens is 300 g/mol. The zero-order valence-corrected chi connectivity index (χ0v) is 12.1. The van der Waals surface area contributed by atoms with Crippen LogP contribution < -0.4 is 5.32 Å². The van der Waals surface area contributed by atoms with Crippen LogP contribution in [0.5, 0.6) is 0 Å². The van der Waals surface area contributed by atoms with Gasteiger partial charge in [0.15, 0.2) is 0 Å². The molecule has 0 unspecified atom stereocenters. The van der Waals surface area contributed by atoms with Gasteiger partial charge in [-0.3, -0.25) is 4.98 Å². The van der Waals surface area contributed by atoms with Crippen LogP contribution in [-0.4, -0.2) is 4.98 Å². The Balaban J connectivity index is 2.06. The van der Waals surface area contributed by atoms with Gasteiger partial charge in [-0.25, -0.2) is 0 Å². The lowest BCUT2D eigenvalue weighted by Gasteiger charge is -2.10. The van der Waals surface area contributed by atoms with E-state index in [9.17, 15) is 0 Å². The van der Waals surface area contributed by atoms with Crippen LogP contribution in [0.3, 0.4) is 0 Å². The minimum atomic E-state index is 1.05. The first-order valence-corrected chi connectivity index (χ1v) is 6.90. The van der Waals surface area contributed by atoms with E-state index >= 15 is 0 Å². The molecule has 19 heavy (non-hydrogen) atoms. The second-order valence-electron chi connectivity index (χ2n) is 4.46. The first kappa shape index (κ1) is 12.2. The van der Waals surface area contributed by atoms with E-state index in [1.165, 1.54) is 5.56 Å². The molecule has 3 rings (SSSR count). The highest BCUT2D eigenvalue weighted by atomic mass is 79.9. The molecule has 0 aliphatic heterocycles. The highest BCUT2D eigenvalue weighted by Gasteiger charge is 2.03. The summed E-state index contributed by atoms with van der Waals surface area (Å²) in [5, 5.41) is 4.58. The summed E-state index contributed by atoms with van der Waals surface area (Å²) in [6.45, 7) is 2.08. The molecule has 1 aromatic heterocycles. The molecule has 0 spiro atoms. The molecule has 0 saturated heterocycles. The van der Waals surface area contributed by atoms with E-state index in [-0.39, 0.29) is 0 Å². The Bertz CT molecular complexity index is 720. The normalized spacial score (nSPS) is 10.6. The first-order chi connectivity index (χ1) is 9.24. The van der Waals surface area contributed by atoms with Crippen molar-refractivity contribution >= 4 is 38.2 Å². The number of anilines is 2. The lowest BCUT2D eigenvalue weighted by Crippen LogP contribution is -1.93. The maximum absolute atomic E-state index is 4.45. The molecule has 1 N–H and O–H groups in total. The third-order valence-corrected chi connectivity index (χ3v) is 3.62. The van der Waals surface area contributed by atoms with Crippen molar-refractivity contribution in [3.63, 3.8) is 0 Å². The van der Waals surface area contributed by atoms with Crippen LogP contribution in [0.2, 0.25) is 0 Å². The number of pyridine rings is 1. The van der Waals surface area contributed by atoms with Gasteiger partial charge in [0.05, 0.1) is 5.52 Å². The van der Waals surface area contributed by atoms with Crippen molar-refractivity contribution in [1.82, 2.24) is 4.98 Å². The minimum absolute atomic E-state index is 1.05. The van der Waals surface area contributed by atoms with Gasteiger partial charge < -0.3 is 5.32 Å². The highest BCUT2D eigenvalue weighted by molar-refractivity contribution is 9.10. The molecule has 3 heteroatoms. The van der Waals surface area contributed by atoms with Crippen LogP contribution in [0.15, 0.2) is 59.2 Å². The number of aromatic nitrogens is 1. The average molecular weight is 313 g/mol. The minimum Gasteiger partial charge on any atom is -0.355 e. The Morgan fingerprint density at radius 1 is 1.00 bits per heavy atom. The van der Waals surface area contributed by atoms with Gasteiger partial charge in [0.25, 0.3) is 0 Å². The summed E-state index contributed by atoms with van der Waals surface area (Å²) < 4.78 is 1.08. The quantitative estimate of drug-likeness (QED) is 0.716. The SMILES string of the molecule is Cc1cccc2c(Nc3ccc(Br)cc3)ccnc12. The molecule has 0 aliphatic carbocycles. The van der Waals surface area contributed by atoms with Crippen molar-refractivity contribution < 1.29 is 0 Å². The van der Waals surface area contributed by atoms with Crippen LogP contribution in [0, 0.1) is 6.92 Å². The monoisotopic (exact) mass is 312 g/mol. The standard InChI is InChI=1S/C16H13BrN2/c1-11-3-2-4-14-15(9-10-18-16(11)14)19-13-7-5-12(17)6-8-13/h2-10H,1H3,(H,18,19). The van der Waals surface area contributed by atoms with Gasteiger partial charge in [-0.05, 0) is 42.8 Å². The summed E-state index contributed by atoms with van der Waals surface area (Å²) >= 11 is 3.44. The number of hydrogen-bond acceptors (Lipinski definition) is 2. The Kier molecular flexibility index (Phi) is 3.22. The number of benzene rings is 2. The summed E-state index contributed by atoms with van der Waals surface area (Å²) in [5.41, 5.74) is 4.38. The number of halogens is 1. The van der Waals surface area contributed by atoms with Crippen LogP contribution in [-0.2, 0) is 0 Å². The molecule has 0 radical (unpaired) electrons. The van der Waals surface area contributed by atoms with Crippen LogP contribution in [0.4, 0.5) is 11.4 Å². The number of nitrogens with zero attached hydrogens (tertiary/aromatic N) is 1. The molecule has 3 aromatic rings. The lowest BCUT2D eigenvalue weighted by atomic mass is 10.1. The Morgan fingerprint density at radius 2 is 1.79 bits per heavy atom. The third kappa shape index (κ3) is 2.47. The number of fused-ring (bicyclic) bond motifs is 1. The van der Waals surface area contributed by atoms with Gasteiger partial charge in [0, 0.05) is 27.4 Å².